The van der Waals surface area contributed by atoms with Crippen LogP contribution in [-0.4, -0.2) is 55.6 Å². The Morgan fingerprint density at radius 3 is 2.71 bits per heavy atom. The molecular weight excluding hydrogens is 254 g/mol. The van der Waals surface area contributed by atoms with Gasteiger partial charge in [-0.2, -0.15) is 0 Å². The molecule has 2 fully saturated rings. The number of amides is 1. The van der Waals surface area contributed by atoms with Gasteiger partial charge in [0.15, 0.2) is 0 Å². The Kier molecular flexibility index (Phi) is 4.69. The molecule has 100 valence electrons. The summed E-state index contributed by atoms with van der Waals surface area (Å²) < 4.78 is 31.0. The molecule has 0 bridgehead atoms. The normalized spacial score (nSPS) is 31.0. The Morgan fingerprint density at radius 2 is 2.24 bits per heavy atom. The lowest BCUT2D eigenvalue weighted by Gasteiger charge is -2.26. The quantitative estimate of drug-likeness (QED) is 0.801. The number of halogens is 3. The first kappa shape index (κ1) is 14.6. The summed E-state index contributed by atoms with van der Waals surface area (Å²) in [6.07, 6.45) is 0.384. The van der Waals surface area contributed by atoms with Gasteiger partial charge in [-0.3, -0.25) is 10.1 Å². The second-order valence-electron chi connectivity index (χ2n) is 4.46. The van der Waals surface area contributed by atoms with Crippen molar-refractivity contribution >= 4 is 18.3 Å². The molecule has 2 aliphatic heterocycles. The molecule has 0 aromatic carbocycles. The van der Waals surface area contributed by atoms with Crippen LogP contribution in [-0.2, 0) is 9.53 Å². The van der Waals surface area contributed by atoms with E-state index in [4.69, 9.17) is 4.74 Å². The van der Waals surface area contributed by atoms with Gasteiger partial charge in [-0.05, 0) is 6.42 Å². The van der Waals surface area contributed by atoms with E-state index in [-0.39, 0.29) is 24.4 Å². The molecule has 7 heteroatoms. The smallest absolute Gasteiger partial charge is 0.262 e. The van der Waals surface area contributed by atoms with Gasteiger partial charge < -0.3 is 9.64 Å². The summed E-state index contributed by atoms with van der Waals surface area (Å²) in [6.45, 7) is 0.736. The van der Waals surface area contributed by atoms with Gasteiger partial charge >= 0.3 is 0 Å². The topological polar surface area (TPSA) is 41.6 Å². The van der Waals surface area contributed by atoms with E-state index in [1.54, 1.807) is 7.05 Å². The van der Waals surface area contributed by atoms with Crippen molar-refractivity contribution in [1.82, 2.24) is 10.2 Å². The molecule has 0 aliphatic carbocycles. The highest BCUT2D eigenvalue weighted by Gasteiger charge is 2.44. The van der Waals surface area contributed by atoms with Crippen LogP contribution in [0.3, 0.4) is 0 Å². The van der Waals surface area contributed by atoms with Gasteiger partial charge in [0.1, 0.15) is 0 Å². The summed E-state index contributed by atoms with van der Waals surface area (Å²) in [4.78, 5) is 13.4. The van der Waals surface area contributed by atoms with Crippen LogP contribution >= 0.6 is 12.4 Å². The van der Waals surface area contributed by atoms with Crippen LogP contribution in [0.25, 0.3) is 0 Å². The second-order valence-corrected chi connectivity index (χ2v) is 4.46. The highest BCUT2D eigenvalue weighted by Crippen LogP contribution is 2.26. The number of nitrogens with zero attached hydrogens (tertiary/aromatic N) is 1. The summed E-state index contributed by atoms with van der Waals surface area (Å²) in [6, 6.07) is -0.718. The standard InChI is InChI=1S/C10H16F2N2O2.ClH/c1-14(7-2-3-16-5-7)9(15)8-4-10(11,12)6-13-8;/h7-8,13H,2-6H2,1H3;1H. The molecule has 2 heterocycles. The van der Waals surface area contributed by atoms with Crippen molar-refractivity contribution in [1.29, 1.82) is 0 Å². The van der Waals surface area contributed by atoms with Crippen molar-refractivity contribution in [2.45, 2.75) is 30.8 Å². The minimum Gasteiger partial charge on any atom is -0.379 e. The van der Waals surface area contributed by atoms with Gasteiger partial charge in [0.05, 0.1) is 25.2 Å². The first-order valence-electron chi connectivity index (χ1n) is 5.45. The second kappa shape index (κ2) is 5.46. The number of carbonyl (C=O) groups is 1. The van der Waals surface area contributed by atoms with E-state index in [1.165, 1.54) is 4.90 Å². The van der Waals surface area contributed by atoms with Gasteiger partial charge in [0, 0.05) is 20.1 Å². The summed E-state index contributed by atoms with van der Waals surface area (Å²) in [5, 5.41) is 2.57. The van der Waals surface area contributed by atoms with Crippen molar-refractivity contribution in [3.63, 3.8) is 0 Å². The first-order chi connectivity index (χ1) is 7.49. The average Bonchev–Trinajstić information content (AvgIpc) is 2.84. The van der Waals surface area contributed by atoms with Crippen LogP contribution in [0.1, 0.15) is 12.8 Å². The first-order valence-corrected chi connectivity index (χ1v) is 5.45. The summed E-state index contributed by atoms with van der Waals surface area (Å²) in [5.41, 5.74) is 0. The van der Waals surface area contributed by atoms with Gasteiger partial charge in [-0.25, -0.2) is 8.78 Å². The molecule has 0 saturated carbocycles. The van der Waals surface area contributed by atoms with E-state index in [9.17, 15) is 13.6 Å². The molecular formula is C10H17ClF2N2O2. The maximum Gasteiger partial charge on any atom is 0.262 e. The minimum absolute atomic E-state index is 0. The van der Waals surface area contributed by atoms with Crippen LogP contribution in [0, 0.1) is 0 Å². The molecule has 2 saturated heterocycles. The number of likely N-dealkylation sites (N-methyl/N-ethyl adjacent to an activating group) is 1. The van der Waals surface area contributed by atoms with Crippen LogP contribution < -0.4 is 5.32 Å². The number of hydrogen-bond acceptors (Lipinski definition) is 3. The zero-order chi connectivity index (χ0) is 11.8. The zero-order valence-corrected chi connectivity index (χ0v) is 10.4. The van der Waals surface area contributed by atoms with E-state index >= 15 is 0 Å². The fourth-order valence-corrected chi connectivity index (χ4v) is 2.14. The lowest BCUT2D eigenvalue weighted by Crippen LogP contribution is -2.46. The SMILES string of the molecule is CN(C(=O)C1CC(F)(F)CN1)C1CCOC1.Cl. The lowest BCUT2D eigenvalue weighted by atomic mass is 10.1. The number of alkyl halides is 2. The molecule has 0 radical (unpaired) electrons. The Hall–Kier alpha value is -0.460. The largest absolute Gasteiger partial charge is 0.379 e. The number of ether oxygens (including phenoxy) is 1. The summed E-state index contributed by atoms with van der Waals surface area (Å²) >= 11 is 0. The molecule has 0 aromatic rings. The molecule has 0 spiro atoms. The third kappa shape index (κ3) is 3.26. The molecule has 2 atom stereocenters. The maximum atomic E-state index is 12.9. The van der Waals surface area contributed by atoms with Crippen LogP contribution in [0.2, 0.25) is 0 Å². The number of carbonyl (C=O) groups excluding carboxylic acids is 1. The van der Waals surface area contributed by atoms with E-state index in [0.29, 0.717) is 13.2 Å². The highest BCUT2D eigenvalue weighted by molar-refractivity contribution is 5.85. The van der Waals surface area contributed by atoms with Crippen molar-refractivity contribution in [3.8, 4) is 0 Å². The van der Waals surface area contributed by atoms with Crippen molar-refractivity contribution in [3.05, 3.63) is 0 Å². The molecule has 1 N–H and O–H groups in total. The summed E-state index contributed by atoms with van der Waals surface area (Å²) in [5.74, 6) is -3.01. The molecule has 1 amide bonds. The van der Waals surface area contributed by atoms with Gasteiger partial charge in [-0.1, -0.05) is 0 Å². The third-order valence-corrected chi connectivity index (χ3v) is 3.21. The van der Waals surface area contributed by atoms with Crippen LogP contribution in [0.4, 0.5) is 8.78 Å². The predicted octanol–water partition coefficient (Wildman–Crippen LogP) is 0.653. The van der Waals surface area contributed by atoms with Gasteiger partial charge in [0.25, 0.3) is 5.92 Å². The molecule has 0 aromatic heterocycles. The van der Waals surface area contributed by atoms with Gasteiger partial charge in [-0.15, -0.1) is 12.4 Å². The third-order valence-electron chi connectivity index (χ3n) is 3.21. The Morgan fingerprint density at radius 1 is 1.53 bits per heavy atom. The van der Waals surface area contributed by atoms with E-state index < -0.39 is 24.9 Å². The minimum atomic E-state index is -2.76. The zero-order valence-electron chi connectivity index (χ0n) is 9.62. The van der Waals surface area contributed by atoms with Gasteiger partial charge in [0.2, 0.25) is 5.91 Å². The van der Waals surface area contributed by atoms with E-state index in [1.807, 2.05) is 0 Å². The van der Waals surface area contributed by atoms with Crippen molar-refractivity contribution in [2.75, 3.05) is 26.8 Å². The van der Waals surface area contributed by atoms with Crippen LogP contribution in [0.15, 0.2) is 0 Å². The Labute approximate surface area is 105 Å². The molecule has 17 heavy (non-hydrogen) atoms. The lowest BCUT2D eigenvalue weighted by molar-refractivity contribution is -0.134. The Balaban J connectivity index is 0.00000144. The Bertz CT molecular complexity index is 281. The number of nitrogens with one attached hydrogen (secondary N) is 1. The van der Waals surface area contributed by atoms with Crippen LogP contribution in [0.5, 0.6) is 0 Å². The molecule has 2 unspecified atom stereocenters. The predicted molar refractivity (Wildman–Crippen MR) is 60.6 cm³/mol. The fraction of sp³-hybridized carbons (Fsp3) is 0.900. The van der Waals surface area contributed by atoms with E-state index in [2.05, 4.69) is 5.32 Å². The van der Waals surface area contributed by atoms with Crippen molar-refractivity contribution < 1.29 is 18.3 Å². The molecule has 4 nitrogen and oxygen atoms in total. The number of rotatable bonds is 2. The molecule has 2 aliphatic rings. The van der Waals surface area contributed by atoms with E-state index in [0.717, 1.165) is 6.42 Å². The summed E-state index contributed by atoms with van der Waals surface area (Å²) in [7, 11) is 1.65. The fourth-order valence-electron chi connectivity index (χ4n) is 2.14. The average molecular weight is 271 g/mol. The monoisotopic (exact) mass is 270 g/mol. The maximum absolute atomic E-state index is 12.9. The number of hydrogen-bond donors (Lipinski definition) is 1. The van der Waals surface area contributed by atoms with Crippen molar-refractivity contribution in [2.24, 2.45) is 0 Å². The highest BCUT2D eigenvalue weighted by atomic mass is 35.5. The molecule has 2 rings (SSSR count).